The van der Waals surface area contributed by atoms with Crippen LogP contribution in [-0.2, 0) is 5.21 Å². The third-order valence-electron chi connectivity index (χ3n) is 1.40. The molecule has 0 bridgehead atoms. The van der Waals surface area contributed by atoms with Crippen LogP contribution in [0.25, 0.3) is 0 Å². The van der Waals surface area contributed by atoms with Gasteiger partial charge in [0, 0.05) is 5.02 Å². The van der Waals surface area contributed by atoms with E-state index in [1.165, 1.54) is 0 Å². The Kier molecular flexibility index (Phi) is 2.49. The summed E-state index contributed by atoms with van der Waals surface area (Å²) in [5.41, 5.74) is 1.28. The summed E-state index contributed by atoms with van der Waals surface area (Å²) in [5.74, 6) is 0. The van der Waals surface area contributed by atoms with E-state index in [0.717, 1.165) is 5.56 Å². The highest BCUT2D eigenvalue weighted by Gasteiger charge is 1.96. The lowest BCUT2D eigenvalue weighted by Gasteiger charge is -1.95. The Morgan fingerprint density at radius 3 is 2.36 bits per heavy atom. The van der Waals surface area contributed by atoms with E-state index in [1.807, 2.05) is 0 Å². The Bertz CT molecular complexity index is 266. The molecule has 0 amide bonds. The van der Waals surface area contributed by atoms with Crippen molar-refractivity contribution in [2.75, 3.05) is 0 Å². The molecule has 0 aliphatic rings. The lowest BCUT2D eigenvalue weighted by molar-refractivity contribution is 0.209. The van der Waals surface area contributed by atoms with Gasteiger partial charge in [-0.1, -0.05) is 23.7 Å². The Hall–Kier alpha value is -1.02. The first-order valence-corrected chi connectivity index (χ1v) is 3.54. The van der Waals surface area contributed by atoms with Gasteiger partial charge in [0.1, 0.15) is 0 Å². The second kappa shape index (κ2) is 3.39. The van der Waals surface area contributed by atoms with E-state index in [1.54, 1.807) is 31.2 Å². The summed E-state index contributed by atoms with van der Waals surface area (Å²) in [6.45, 7) is 1.66. The van der Waals surface area contributed by atoms with Gasteiger partial charge < -0.3 is 0 Å². The number of rotatable bonds is 1. The average Bonchev–Trinajstić information content (AvgIpc) is 2.05. The molecule has 11 heavy (non-hydrogen) atoms. The maximum Gasteiger partial charge on any atom is 0.0890 e. The molecule has 0 atom stereocenters. The summed E-state index contributed by atoms with van der Waals surface area (Å²) in [5, 5.41) is 13.5. The summed E-state index contributed by atoms with van der Waals surface area (Å²) in [6, 6.07) is 6.98. The maximum atomic E-state index is 10.1. The fraction of sp³-hybridized carbons (Fsp3) is 0.125. The molecular formula is C8H7ClNO. The molecule has 0 fully saturated rings. The van der Waals surface area contributed by atoms with Crippen molar-refractivity contribution in [2.45, 2.75) is 6.92 Å². The zero-order valence-corrected chi connectivity index (χ0v) is 6.80. The number of halogens is 1. The van der Waals surface area contributed by atoms with Crippen LogP contribution in [-0.4, -0.2) is 5.71 Å². The van der Waals surface area contributed by atoms with Crippen LogP contribution >= 0.6 is 11.6 Å². The Morgan fingerprint density at radius 1 is 1.36 bits per heavy atom. The molecule has 2 nitrogen and oxygen atoms in total. The molecule has 0 aromatic heterocycles. The molecular weight excluding hydrogens is 162 g/mol. The lowest BCUT2D eigenvalue weighted by Crippen LogP contribution is -1.92. The van der Waals surface area contributed by atoms with Crippen LogP contribution < -0.4 is 0 Å². The quantitative estimate of drug-likeness (QED) is 0.456. The van der Waals surface area contributed by atoms with Crippen molar-refractivity contribution >= 4 is 17.3 Å². The first kappa shape index (κ1) is 8.08. The Labute approximate surface area is 70.1 Å². The third-order valence-corrected chi connectivity index (χ3v) is 1.65. The number of hydrogen-bond donors (Lipinski definition) is 0. The van der Waals surface area contributed by atoms with Crippen LogP contribution in [0.3, 0.4) is 0 Å². The Morgan fingerprint density at radius 2 is 1.91 bits per heavy atom. The predicted molar refractivity (Wildman–Crippen MR) is 44.3 cm³/mol. The molecule has 1 aromatic carbocycles. The molecule has 0 N–H and O–H groups in total. The van der Waals surface area contributed by atoms with Crippen molar-refractivity contribution in [1.29, 1.82) is 0 Å². The van der Waals surface area contributed by atoms with E-state index in [0.29, 0.717) is 10.7 Å². The zero-order valence-electron chi connectivity index (χ0n) is 6.04. The van der Waals surface area contributed by atoms with Gasteiger partial charge >= 0.3 is 0 Å². The van der Waals surface area contributed by atoms with Crippen molar-refractivity contribution in [3.8, 4) is 0 Å². The van der Waals surface area contributed by atoms with Gasteiger partial charge in [-0.3, -0.25) is 0 Å². The summed E-state index contributed by atoms with van der Waals surface area (Å²) >= 11 is 5.64. The van der Waals surface area contributed by atoms with Gasteiger partial charge in [0.15, 0.2) is 0 Å². The van der Waals surface area contributed by atoms with Crippen LogP contribution in [0.5, 0.6) is 0 Å². The smallest absolute Gasteiger partial charge is 0.0890 e. The first-order chi connectivity index (χ1) is 5.24. The summed E-state index contributed by atoms with van der Waals surface area (Å²) in [6.07, 6.45) is 0. The molecule has 1 aromatic rings. The second-order valence-corrected chi connectivity index (χ2v) is 2.62. The lowest BCUT2D eigenvalue weighted by atomic mass is 10.1. The maximum absolute atomic E-state index is 10.1. The van der Waals surface area contributed by atoms with Crippen LogP contribution in [0, 0.1) is 0 Å². The van der Waals surface area contributed by atoms with E-state index in [2.05, 4.69) is 5.16 Å². The minimum absolute atomic E-state index is 0.474. The Balaban J connectivity index is 2.99. The molecule has 0 saturated carbocycles. The van der Waals surface area contributed by atoms with E-state index in [9.17, 15) is 5.21 Å². The zero-order chi connectivity index (χ0) is 8.27. The van der Waals surface area contributed by atoms with Gasteiger partial charge in [0.25, 0.3) is 0 Å². The molecule has 0 spiro atoms. The predicted octanol–water partition coefficient (Wildman–Crippen LogP) is 2.49. The number of hydrogen-bond acceptors (Lipinski definition) is 1. The summed E-state index contributed by atoms with van der Waals surface area (Å²) in [7, 11) is 0. The highest BCUT2D eigenvalue weighted by Crippen LogP contribution is 2.09. The van der Waals surface area contributed by atoms with Crippen LogP contribution in [0.15, 0.2) is 29.4 Å². The van der Waals surface area contributed by atoms with E-state index in [4.69, 9.17) is 11.6 Å². The molecule has 0 heterocycles. The molecule has 0 saturated heterocycles. The van der Waals surface area contributed by atoms with Gasteiger partial charge in [0.05, 0.1) is 5.71 Å². The van der Waals surface area contributed by atoms with Gasteiger partial charge in [-0.25, -0.2) is 0 Å². The van der Waals surface area contributed by atoms with E-state index < -0.39 is 0 Å². The molecule has 57 valence electrons. The fourth-order valence-electron chi connectivity index (χ4n) is 0.744. The normalized spacial score (nSPS) is 11.6. The molecule has 0 aliphatic heterocycles. The van der Waals surface area contributed by atoms with Crippen LogP contribution in [0.2, 0.25) is 5.02 Å². The molecule has 0 unspecified atom stereocenters. The second-order valence-electron chi connectivity index (χ2n) is 2.18. The average molecular weight is 169 g/mol. The largest absolute Gasteiger partial charge is 0.145 e. The molecule has 1 radical (unpaired) electrons. The monoisotopic (exact) mass is 168 g/mol. The van der Waals surface area contributed by atoms with Crippen LogP contribution in [0.4, 0.5) is 0 Å². The number of nitrogens with zero attached hydrogens (tertiary/aromatic N) is 1. The molecule has 3 heteroatoms. The highest BCUT2D eigenvalue weighted by atomic mass is 35.5. The fourth-order valence-corrected chi connectivity index (χ4v) is 0.870. The van der Waals surface area contributed by atoms with Crippen molar-refractivity contribution in [2.24, 2.45) is 5.16 Å². The van der Waals surface area contributed by atoms with E-state index in [-0.39, 0.29) is 0 Å². The third kappa shape index (κ3) is 1.95. The van der Waals surface area contributed by atoms with Crippen molar-refractivity contribution in [3.05, 3.63) is 34.9 Å². The van der Waals surface area contributed by atoms with Gasteiger partial charge in [0.2, 0.25) is 0 Å². The SMILES string of the molecule is CC(=N[O])c1ccc(Cl)cc1. The topological polar surface area (TPSA) is 32.3 Å². The van der Waals surface area contributed by atoms with Gasteiger partial charge in [-0.15, -0.1) is 5.21 Å². The summed E-state index contributed by atoms with van der Waals surface area (Å²) in [4.78, 5) is 0. The number of benzene rings is 1. The molecule has 0 aliphatic carbocycles. The first-order valence-electron chi connectivity index (χ1n) is 3.17. The van der Waals surface area contributed by atoms with Crippen molar-refractivity contribution < 1.29 is 5.21 Å². The van der Waals surface area contributed by atoms with E-state index >= 15 is 0 Å². The van der Waals surface area contributed by atoms with Crippen molar-refractivity contribution in [3.63, 3.8) is 0 Å². The molecule has 1 rings (SSSR count). The van der Waals surface area contributed by atoms with Gasteiger partial charge in [-0.05, 0) is 29.8 Å². The minimum atomic E-state index is 0.474. The minimum Gasteiger partial charge on any atom is -0.145 e. The summed E-state index contributed by atoms with van der Waals surface area (Å²) < 4.78 is 0. The highest BCUT2D eigenvalue weighted by molar-refractivity contribution is 6.30. The standard InChI is InChI=1S/C8H7ClNO/c1-6(10-11)7-2-4-8(9)5-3-7/h2-5H,1H3. The van der Waals surface area contributed by atoms with Gasteiger partial charge in [-0.2, -0.15) is 0 Å². The van der Waals surface area contributed by atoms with Crippen LogP contribution in [0.1, 0.15) is 12.5 Å². The van der Waals surface area contributed by atoms with Crippen molar-refractivity contribution in [1.82, 2.24) is 0 Å².